The fourth-order valence-corrected chi connectivity index (χ4v) is 6.71. The molecule has 0 bridgehead atoms. The van der Waals surface area contributed by atoms with E-state index in [0.717, 1.165) is 22.3 Å². The summed E-state index contributed by atoms with van der Waals surface area (Å²) in [4.78, 5) is 2.10. The number of nitrogens with zero attached hydrogens (tertiary/aromatic N) is 2. The Morgan fingerprint density at radius 3 is 1.09 bits per heavy atom. The summed E-state index contributed by atoms with van der Waals surface area (Å²) in [5.41, 5.74) is 12.7. The van der Waals surface area contributed by atoms with Crippen LogP contribution in [-0.2, 0) is 19.7 Å². The summed E-state index contributed by atoms with van der Waals surface area (Å²) in [7, 11) is -9.21. The van der Waals surface area contributed by atoms with Crippen molar-refractivity contribution in [2.24, 2.45) is 0 Å². The van der Waals surface area contributed by atoms with Gasteiger partial charge in [-0.2, -0.15) is 0 Å². The van der Waals surface area contributed by atoms with Gasteiger partial charge in [0.25, 0.3) is 19.7 Å². The van der Waals surface area contributed by atoms with Crippen molar-refractivity contribution in [2.45, 2.75) is 9.79 Å². The van der Waals surface area contributed by atoms with E-state index in [1.54, 1.807) is 24.3 Å². The van der Waals surface area contributed by atoms with Crippen LogP contribution in [0.2, 0.25) is 0 Å². The van der Waals surface area contributed by atoms with Gasteiger partial charge in [-0.1, -0.05) is 84.9 Å². The van der Waals surface area contributed by atoms with Gasteiger partial charge < -0.3 is 5.53 Å². The molecule has 0 saturated heterocycles. The zero-order valence-corrected chi connectivity index (χ0v) is 18.9. The normalized spacial score (nSPS) is 11.5. The third-order valence-corrected chi connectivity index (χ3v) is 9.27. The number of sulfone groups is 2. The fourth-order valence-electron chi connectivity index (χ4n) is 3.37. The summed E-state index contributed by atoms with van der Waals surface area (Å²) in [6.45, 7) is 0. The summed E-state index contributed by atoms with van der Waals surface area (Å²) in [5.74, 6) is 0. The van der Waals surface area contributed by atoms with Gasteiger partial charge in [0.1, 0.15) is 0 Å². The molecule has 0 heterocycles. The first-order chi connectivity index (χ1) is 15.8. The van der Waals surface area contributed by atoms with Gasteiger partial charge in [-0.25, -0.2) is 16.8 Å². The average molecular weight is 475 g/mol. The molecule has 8 heteroatoms. The second kappa shape index (κ2) is 8.96. The minimum atomic E-state index is -4.61. The molecular weight excluding hydrogens is 456 g/mol. The Hall–Kier alpha value is -3.84. The first-order valence-corrected chi connectivity index (χ1v) is 12.8. The summed E-state index contributed by atoms with van der Waals surface area (Å²) in [6.07, 6.45) is 0. The molecule has 0 N–H and O–H groups in total. The highest BCUT2D eigenvalue weighted by Gasteiger charge is 2.44. The molecule has 4 rings (SSSR count). The fraction of sp³-hybridized carbons (Fsp3) is 0. The van der Waals surface area contributed by atoms with Gasteiger partial charge in [0.05, 0.1) is 9.79 Å². The van der Waals surface area contributed by atoms with Gasteiger partial charge in [0.2, 0.25) is 0 Å². The number of rotatable bonds is 4. The Morgan fingerprint density at radius 2 is 0.788 bits per heavy atom. The Morgan fingerprint density at radius 1 is 0.485 bits per heavy atom. The average Bonchev–Trinajstić information content (AvgIpc) is 2.85. The van der Waals surface area contributed by atoms with Gasteiger partial charge in [-0.3, -0.25) is 0 Å². The highest BCUT2D eigenvalue weighted by molar-refractivity contribution is 8.31. The predicted molar refractivity (Wildman–Crippen MR) is 127 cm³/mol. The van der Waals surface area contributed by atoms with E-state index in [1.807, 2.05) is 60.7 Å². The molecule has 33 heavy (non-hydrogen) atoms. The van der Waals surface area contributed by atoms with Crippen LogP contribution in [0.3, 0.4) is 0 Å². The third-order valence-electron chi connectivity index (χ3n) is 5.08. The summed E-state index contributed by atoms with van der Waals surface area (Å²) in [6, 6.07) is 30.0. The van der Waals surface area contributed by atoms with Crippen LogP contribution in [0.5, 0.6) is 0 Å². The first kappa shape index (κ1) is 22.4. The lowest BCUT2D eigenvalue weighted by molar-refractivity contribution is 0.00380. The Balaban J connectivity index is 1.67. The van der Waals surface area contributed by atoms with E-state index < -0.39 is 24.1 Å². The van der Waals surface area contributed by atoms with Gasteiger partial charge in [0.15, 0.2) is 0 Å². The Bertz CT molecular complexity index is 1430. The van der Waals surface area contributed by atoms with Crippen LogP contribution >= 0.6 is 0 Å². The summed E-state index contributed by atoms with van der Waals surface area (Å²) in [5, 5.41) is 0. The highest BCUT2D eigenvalue weighted by atomic mass is 32.3. The van der Waals surface area contributed by atoms with Crippen LogP contribution in [-0.4, -0.2) is 26.0 Å². The third kappa shape index (κ3) is 4.40. The quantitative estimate of drug-likeness (QED) is 0.182. The van der Waals surface area contributed by atoms with Crippen LogP contribution < -0.4 is 0 Å². The smallest absolute Gasteiger partial charge is 0.359 e. The maximum Gasteiger partial charge on any atom is 0.504 e. The molecule has 164 valence electrons. The SMILES string of the molecule is [N-]=[N+]=C(S(=O)(=O)c1ccc(-c2ccccc2)cc1)S(=O)(=O)c1ccc(-c2ccccc2)cc1. The standard InChI is InChI=1S/C25H18N2O4S2/c26-27-25(32(28,29)23-15-11-21(12-16-23)19-7-3-1-4-8-19)33(30,31)24-17-13-22(14-18-24)20-9-5-2-6-10-20/h1-18H. The highest BCUT2D eigenvalue weighted by Crippen LogP contribution is 2.26. The molecule has 0 amide bonds. The van der Waals surface area contributed by atoms with Crippen LogP contribution in [0, 0.1) is 0 Å². The van der Waals surface area contributed by atoms with Crippen molar-refractivity contribution >= 4 is 24.1 Å². The first-order valence-electron chi connectivity index (χ1n) is 9.87. The topological polar surface area (TPSA) is 105 Å². The van der Waals surface area contributed by atoms with Crippen molar-refractivity contribution < 1.29 is 21.6 Å². The number of hydrogen-bond acceptors (Lipinski definition) is 4. The van der Waals surface area contributed by atoms with Crippen LogP contribution in [0.1, 0.15) is 0 Å². The molecule has 0 fully saturated rings. The van der Waals surface area contributed by atoms with Crippen LogP contribution in [0.15, 0.2) is 119 Å². The van der Waals surface area contributed by atoms with Gasteiger partial charge in [-0.15, -0.1) is 4.79 Å². The van der Waals surface area contributed by atoms with E-state index in [-0.39, 0.29) is 9.79 Å². The maximum atomic E-state index is 13.0. The lowest BCUT2D eigenvalue weighted by Crippen LogP contribution is -2.26. The second-order valence-corrected chi connectivity index (χ2v) is 11.1. The van der Waals surface area contributed by atoms with Crippen molar-refractivity contribution in [3.8, 4) is 22.3 Å². The molecule has 0 aliphatic carbocycles. The lowest BCUT2D eigenvalue weighted by atomic mass is 10.1. The molecule has 4 aromatic carbocycles. The molecular formula is C25H18N2O4S2. The minimum Gasteiger partial charge on any atom is -0.359 e. The van der Waals surface area contributed by atoms with E-state index in [0.29, 0.717) is 0 Å². The van der Waals surface area contributed by atoms with Gasteiger partial charge in [0, 0.05) is 0 Å². The van der Waals surface area contributed by atoms with Crippen LogP contribution in [0.4, 0.5) is 0 Å². The molecule has 0 saturated carbocycles. The number of benzene rings is 4. The molecule has 0 unspecified atom stereocenters. The molecule has 0 radical (unpaired) electrons. The second-order valence-electron chi connectivity index (χ2n) is 7.15. The summed E-state index contributed by atoms with van der Waals surface area (Å²) >= 11 is 0. The van der Waals surface area contributed by atoms with Gasteiger partial charge >= 0.3 is 4.38 Å². The number of hydrogen-bond donors (Lipinski definition) is 0. The van der Waals surface area contributed by atoms with E-state index in [1.165, 1.54) is 24.3 Å². The molecule has 4 aromatic rings. The molecule has 6 nitrogen and oxygen atoms in total. The zero-order valence-electron chi connectivity index (χ0n) is 17.2. The molecule has 0 spiro atoms. The monoisotopic (exact) mass is 474 g/mol. The van der Waals surface area contributed by atoms with Crippen molar-refractivity contribution in [1.82, 2.24) is 0 Å². The largest absolute Gasteiger partial charge is 0.504 e. The van der Waals surface area contributed by atoms with E-state index in [2.05, 4.69) is 4.79 Å². The van der Waals surface area contributed by atoms with Crippen molar-refractivity contribution in [2.75, 3.05) is 0 Å². The van der Waals surface area contributed by atoms with E-state index in [4.69, 9.17) is 0 Å². The molecule has 0 aliphatic heterocycles. The Kier molecular flexibility index (Phi) is 6.07. The van der Waals surface area contributed by atoms with Crippen LogP contribution in [0.25, 0.3) is 27.8 Å². The van der Waals surface area contributed by atoms with E-state index >= 15 is 0 Å². The molecule has 0 aliphatic rings. The lowest BCUT2D eigenvalue weighted by Gasteiger charge is -2.06. The molecule has 0 atom stereocenters. The summed E-state index contributed by atoms with van der Waals surface area (Å²) < 4.78 is 50.9. The predicted octanol–water partition coefficient (Wildman–Crippen LogP) is 4.85. The van der Waals surface area contributed by atoms with Crippen molar-refractivity contribution in [3.05, 3.63) is 115 Å². The van der Waals surface area contributed by atoms with Crippen molar-refractivity contribution in [3.63, 3.8) is 0 Å². The molecule has 0 aromatic heterocycles. The maximum absolute atomic E-state index is 13.0. The van der Waals surface area contributed by atoms with Gasteiger partial charge in [-0.05, 0) is 46.5 Å². The van der Waals surface area contributed by atoms with E-state index in [9.17, 15) is 22.4 Å². The minimum absolute atomic E-state index is 0.292. The Labute approximate surface area is 192 Å². The zero-order chi connectivity index (χ0) is 23.5. The van der Waals surface area contributed by atoms with Crippen molar-refractivity contribution in [1.29, 1.82) is 0 Å².